The lowest BCUT2D eigenvalue weighted by Gasteiger charge is -2.14. The van der Waals surface area contributed by atoms with Gasteiger partial charge in [0.15, 0.2) is 0 Å². The minimum atomic E-state index is -0.0201. The van der Waals surface area contributed by atoms with E-state index in [2.05, 4.69) is 5.10 Å². The predicted molar refractivity (Wildman–Crippen MR) is 75.9 cm³/mol. The van der Waals surface area contributed by atoms with Gasteiger partial charge in [-0.05, 0) is 32.0 Å². The number of nitrogens with zero attached hydrogens (tertiary/aromatic N) is 3. The molecule has 0 spiro atoms. The van der Waals surface area contributed by atoms with E-state index in [1.165, 1.54) is 0 Å². The molecule has 0 fully saturated rings. The summed E-state index contributed by atoms with van der Waals surface area (Å²) in [6.45, 7) is 4.49. The Bertz CT molecular complexity index is 606. The van der Waals surface area contributed by atoms with Crippen LogP contribution in [0.2, 0.25) is 5.02 Å². The number of hydrogen-bond acceptors (Lipinski definition) is 2. The van der Waals surface area contributed by atoms with Crippen molar-refractivity contribution in [3.8, 4) is 5.69 Å². The smallest absolute Gasteiger partial charge is 0.257 e. The summed E-state index contributed by atoms with van der Waals surface area (Å²) in [5.74, 6) is -0.0201. The highest BCUT2D eigenvalue weighted by atomic mass is 35.5. The van der Waals surface area contributed by atoms with Gasteiger partial charge in [0.05, 0.1) is 23.1 Å². The first kappa shape index (κ1) is 13.6. The lowest BCUT2D eigenvalue weighted by molar-refractivity contribution is 0.0801. The van der Waals surface area contributed by atoms with E-state index in [1.807, 2.05) is 32.0 Å². The number of carbonyl (C=O) groups excluding carboxylic acids is 1. The zero-order chi connectivity index (χ0) is 14.0. The summed E-state index contributed by atoms with van der Waals surface area (Å²) < 4.78 is 1.72. The fraction of sp³-hybridized carbons (Fsp3) is 0.286. The van der Waals surface area contributed by atoms with Crippen molar-refractivity contribution in [2.75, 3.05) is 13.6 Å². The van der Waals surface area contributed by atoms with E-state index in [1.54, 1.807) is 28.9 Å². The topological polar surface area (TPSA) is 38.1 Å². The fourth-order valence-corrected chi connectivity index (χ4v) is 2.02. The Morgan fingerprint density at radius 2 is 2.21 bits per heavy atom. The summed E-state index contributed by atoms with van der Waals surface area (Å²) in [6.07, 6.45) is 1.60. The van der Waals surface area contributed by atoms with Gasteiger partial charge in [-0.25, -0.2) is 4.68 Å². The fourth-order valence-electron chi connectivity index (χ4n) is 1.84. The summed E-state index contributed by atoms with van der Waals surface area (Å²) in [7, 11) is 1.78. The van der Waals surface area contributed by atoms with Gasteiger partial charge in [0, 0.05) is 18.6 Å². The van der Waals surface area contributed by atoms with Gasteiger partial charge >= 0.3 is 0 Å². The van der Waals surface area contributed by atoms with Gasteiger partial charge in [-0.15, -0.1) is 0 Å². The molecule has 0 unspecified atom stereocenters. The second kappa shape index (κ2) is 5.45. The van der Waals surface area contributed by atoms with Crippen molar-refractivity contribution in [2.45, 2.75) is 13.8 Å². The molecule has 1 aromatic carbocycles. The molecule has 1 amide bonds. The van der Waals surface area contributed by atoms with Crippen LogP contribution in [0.1, 0.15) is 23.0 Å². The van der Waals surface area contributed by atoms with Crippen LogP contribution in [0.3, 0.4) is 0 Å². The van der Waals surface area contributed by atoms with Crippen LogP contribution in [0.25, 0.3) is 5.69 Å². The molecule has 0 saturated carbocycles. The molecule has 1 heterocycles. The van der Waals surface area contributed by atoms with Crippen LogP contribution in [-0.4, -0.2) is 34.2 Å². The zero-order valence-electron chi connectivity index (χ0n) is 11.2. The quantitative estimate of drug-likeness (QED) is 0.865. The molecule has 0 radical (unpaired) electrons. The maximum Gasteiger partial charge on any atom is 0.257 e. The Morgan fingerprint density at radius 1 is 1.47 bits per heavy atom. The molecular formula is C14H16ClN3O. The lowest BCUT2D eigenvalue weighted by atomic mass is 10.2. The minimum absolute atomic E-state index is 0.0201. The Kier molecular flexibility index (Phi) is 3.90. The van der Waals surface area contributed by atoms with E-state index in [9.17, 15) is 4.79 Å². The van der Waals surface area contributed by atoms with Crippen LogP contribution in [0.15, 0.2) is 30.5 Å². The van der Waals surface area contributed by atoms with Gasteiger partial charge in [-0.3, -0.25) is 4.79 Å². The lowest BCUT2D eigenvalue weighted by Crippen LogP contribution is -2.26. The highest BCUT2D eigenvalue weighted by Crippen LogP contribution is 2.18. The summed E-state index contributed by atoms with van der Waals surface area (Å²) in [6, 6.07) is 7.39. The summed E-state index contributed by atoms with van der Waals surface area (Å²) in [5, 5.41) is 4.92. The molecule has 1 aromatic heterocycles. The number of carbonyl (C=O) groups is 1. The third-order valence-electron chi connectivity index (χ3n) is 3.11. The van der Waals surface area contributed by atoms with Crippen molar-refractivity contribution in [2.24, 2.45) is 0 Å². The summed E-state index contributed by atoms with van der Waals surface area (Å²) in [4.78, 5) is 13.8. The van der Waals surface area contributed by atoms with Gasteiger partial charge in [-0.2, -0.15) is 5.10 Å². The first-order valence-corrected chi connectivity index (χ1v) is 6.48. The van der Waals surface area contributed by atoms with Crippen LogP contribution in [0.4, 0.5) is 0 Å². The number of rotatable bonds is 3. The first-order chi connectivity index (χ1) is 9.04. The van der Waals surface area contributed by atoms with Crippen molar-refractivity contribution < 1.29 is 4.79 Å². The maximum atomic E-state index is 12.2. The Morgan fingerprint density at radius 3 is 2.84 bits per heavy atom. The largest absolute Gasteiger partial charge is 0.342 e. The molecule has 4 nitrogen and oxygen atoms in total. The van der Waals surface area contributed by atoms with E-state index in [0.29, 0.717) is 17.1 Å². The molecule has 0 aliphatic rings. The second-order valence-electron chi connectivity index (χ2n) is 4.35. The Labute approximate surface area is 117 Å². The van der Waals surface area contributed by atoms with Crippen LogP contribution in [0, 0.1) is 6.92 Å². The zero-order valence-corrected chi connectivity index (χ0v) is 12.0. The SMILES string of the molecule is CCN(C)C(=O)c1cnn(-c2cccc(Cl)c2)c1C. The van der Waals surface area contributed by atoms with Crippen molar-refractivity contribution in [3.05, 3.63) is 46.7 Å². The molecule has 0 aliphatic heterocycles. The van der Waals surface area contributed by atoms with E-state index in [-0.39, 0.29) is 5.91 Å². The van der Waals surface area contributed by atoms with Gasteiger partial charge in [0.2, 0.25) is 0 Å². The highest BCUT2D eigenvalue weighted by molar-refractivity contribution is 6.30. The van der Waals surface area contributed by atoms with Crippen molar-refractivity contribution in [1.29, 1.82) is 0 Å². The number of amides is 1. The van der Waals surface area contributed by atoms with Crippen LogP contribution in [0.5, 0.6) is 0 Å². The van der Waals surface area contributed by atoms with Gasteiger partial charge in [-0.1, -0.05) is 17.7 Å². The summed E-state index contributed by atoms with van der Waals surface area (Å²) in [5.41, 5.74) is 2.28. The normalized spacial score (nSPS) is 10.5. The standard InChI is InChI=1S/C14H16ClN3O/c1-4-17(3)14(19)13-9-16-18(10(13)2)12-7-5-6-11(15)8-12/h5-9H,4H2,1-3H3. The molecule has 0 bridgehead atoms. The third-order valence-corrected chi connectivity index (χ3v) is 3.35. The average molecular weight is 278 g/mol. The Hall–Kier alpha value is -1.81. The van der Waals surface area contributed by atoms with E-state index < -0.39 is 0 Å². The van der Waals surface area contributed by atoms with Gasteiger partial charge in [0.1, 0.15) is 0 Å². The number of halogens is 1. The monoisotopic (exact) mass is 277 g/mol. The molecule has 0 aliphatic carbocycles. The molecule has 2 aromatic rings. The maximum absolute atomic E-state index is 12.2. The molecule has 0 atom stereocenters. The molecule has 0 N–H and O–H groups in total. The first-order valence-electron chi connectivity index (χ1n) is 6.10. The Balaban J connectivity index is 2.41. The van der Waals surface area contributed by atoms with E-state index in [4.69, 9.17) is 11.6 Å². The minimum Gasteiger partial charge on any atom is -0.342 e. The average Bonchev–Trinajstić information content (AvgIpc) is 2.78. The molecule has 19 heavy (non-hydrogen) atoms. The van der Waals surface area contributed by atoms with Crippen molar-refractivity contribution in [3.63, 3.8) is 0 Å². The molecule has 100 valence electrons. The summed E-state index contributed by atoms with van der Waals surface area (Å²) >= 11 is 5.97. The number of hydrogen-bond donors (Lipinski definition) is 0. The molecule has 5 heteroatoms. The molecular weight excluding hydrogens is 262 g/mol. The van der Waals surface area contributed by atoms with Gasteiger partial charge < -0.3 is 4.90 Å². The second-order valence-corrected chi connectivity index (χ2v) is 4.79. The van der Waals surface area contributed by atoms with E-state index >= 15 is 0 Å². The van der Waals surface area contributed by atoms with Crippen molar-refractivity contribution >= 4 is 17.5 Å². The number of aromatic nitrogens is 2. The van der Waals surface area contributed by atoms with Gasteiger partial charge in [0.25, 0.3) is 5.91 Å². The number of benzene rings is 1. The molecule has 0 saturated heterocycles. The molecule has 2 rings (SSSR count). The van der Waals surface area contributed by atoms with Crippen LogP contribution in [-0.2, 0) is 0 Å². The third kappa shape index (κ3) is 2.63. The van der Waals surface area contributed by atoms with Crippen LogP contribution >= 0.6 is 11.6 Å². The van der Waals surface area contributed by atoms with Crippen molar-refractivity contribution in [1.82, 2.24) is 14.7 Å². The predicted octanol–water partition coefficient (Wildman–Crippen LogP) is 2.93. The highest BCUT2D eigenvalue weighted by Gasteiger charge is 2.17. The van der Waals surface area contributed by atoms with Crippen LogP contribution < -0.4 is 0 Å². The van der Waals surface area contributed by atoms with E-state index in [0.717, 1.165) is 11.4 Å².